The van der Waals surface area contributed by atoms with Gasteiger partial charge in [-0.3, -0.25) is 4.79 Å². The lowest BCUT2D eigenvalue weighted by molar-refractivity contribution is -0.180. The second kappa shape index (κ2) is 2.77. The largest absolute Gasteiger partial charge is 0.356 e. The summed E-state index contributed by atoms with van der Waals surface area (Å²) in [5, 5.41) is 0. The molecule has 0 N–H and O–H groups in total. The van der Waals surface area contributed by atoms with Crippen molar-refractivity contribution in [3.63, 3.8) is 0 Å². The first-order chi connectivity index (χ1) is 6.11. The molecule has 0 aromatic rings. The van der Waals surface area contributed by atoms with Crippen LogP contribution in [0.5, 0.6) is 0 Å². The highest BCUT2D eigenvalue weighted by Gasteiger charge is 2.67. The van der Waals surface area contributed by atoms with Gasteiger partial charge in [0.05, 0.1) is 6.10 Å². The van der Waals surface area contributed by atoms with Gasteiger partial charge in [0.15, 0.2) is 17.7 Å². The van der Waals surface area contributed by atoms with Crippen LogP contribution in [0.15, 0.2) is 0 Å². The van der Waals surface area contributed by atoms with Crippen molar-refractivity contribution in [2.45, 2.75) is 44.4 Å². The number of ketones is 1. The Morgan fingerprint density at radius 2 is 2.31 bits per heavy atom. The maximum Gasteiger partial charge on any atom is 0.178 e. The van der Waals surface area contributed by atoms with Crippen molar-refractivity contribution in [3.05, 3.63) is 0 Å². The van der Waals surface area contributed by atoms with E-state index in [1.807, 2.05) is 6.92 Å². The maximum absolute atomic E-state index is 11.3. The van der Waals surface area contributed by atoms with Gasteiger partial charge in [-0.15, -0.1) is 0 Å². The summed E-state index contributed by atoms with van der Waals surface area (Å²) in [6.45, 7) is 3.40. The Morgan fingerprint density at radius 1 is 1.62 bits per heavy atom. The molecular formula is C9H14O4. The summed E-state index contributed by atoms with van der Waals surface area (Å²) >= 11 is 0. The summed E-state index contributed by atoms with van der Waals surface area (Å²) in [6.07, 6.45) is 0.225. The molecule has 0 bridgehead atoms. The third-order valence-electron chi connectivity index (χ3n) is 2.94. The van der Waals surface area contributed by atoms with Gasteiger partial charge >= 0.3 is 0 Å². The van der Waals surface area contributed by atoms with E-state index in [0.717, 1.165) is 0 Å². The van der Waals surface area contributed by atoms with Gasteiger partial charge in [-0.2, -0.15) is 0 Å². The van der Waals surface area contributed by atoms with Crippen molar-refractivity contribution in [2.24, 2.45) is 0 Å². The number of epoxide rings is 1. The topological polar surface area (TPSA) is 48.1 Å². The quantitative estimate of drug-likeness (QED) is 0.589. The van der Waals surface area contributed by atoms with E-state index in [1.54, 1.807) is 14.0 Å². The van der Waals surface area contributed by atoms with Crippen molar-refractivity contribution < 1.29 is 19.0 Å². The van der Waals surface area contributed by atoms with Crippen molar-refractivity contribution in [2.75, 3.05) is 7.11 Å². The monoisotopic (exact) mass is 186 g/mol. The molecule has 2 saturated heterocycles. The molecule has 0 aliphatic carbocycles. The molecule has 0 spiro atoms. The van der Waals surface area contributed by atoms with Crippen LogP contribution in [0.25, 0.3) is 0 Å². The lowest BCUT2D eigenvalue weighted by Gasteiger charge is -2.28. The molecule has 2 heterocycles. The van der Waals surface area contributed by atoms with Crippen LogP contribution >= 0.6 is 0 Å². The first kappa shape index (κ1) is 9.12. The molecule has 0 amide bonds. The van der Waals surface area contributed by atoms with Gasteiger partial charge in [0.25, 0.3) is 0 Å². The van der Waals surface area contributed by atoms with Crippen LogP contribution in [-0.2, 0) is 19.0 Å². The molecule has 2 aliphatic heterocycles. The molecule has 0 aromatic heterocycles. The average Bonchev–Trinajstić information content (AvgIpc) is 2.80. The highest BCUT2D eigenvalue weighted by molar-refractivity contribution is 5.89. The molecule has 2 aliphatic rings. The second-order valence-corrected chi connectivity index (χ2v) is 3.64. The Balaban J connectivity index is 2.11. The standard InChI is InChI=1S/C9H14O4/c1-5(10)9-6(2)12-8(11-3)4-7(9)13-9/h6-8H,4H2,1-3H3/t6-,7-,8+,9+/m0/s1. The fourth-order valence-electron chi connectivity index (χ4n) is 2.09. The molecule has 13 heavy (non-hydrogen) atoms. The summed E-state index contributed by atoms with van der Waals surface area (Å²) in [7, 11) is 1.60. The van der Waals surface area contributed by atoms with Crippen LogP contribution in [0, 0.1) is 0 Å². The number of fused-ring (bicyclic) bond motifs is 1. The van der Waals surface area contributed by atoms with Crippen LogP contribution in [0.2, 0.25) is 0 Å². The number of hydrogen-bond donors (Lipinski definition) is 0. The van der Waals surface area contributed by atoms with E-state index in [0.29, 0.717) is 6.42 Å². The summed E-state index contributed by atoms with van der Waals surface area (Å²) in [4.78, 5) is 11.3. The van der Waals surface area contributed by atoms with E-state index in [1.165, 1.54) is 0 Å². The molecule has 0 radical (unpaired) electrons. The van der Waals surface area contributed by atoms with Gasteiger partial charge in [-0.1, -0.05) is 0 Å². The Bertz CT molecular complexity index is 240. The minimum atomic E-state index is -0.658. The van der Waals surface area contributed by atoms with Gasteiger partial charge in [-0.05, 0) is 13.8 Å². The number of carbonyl (C=O) groups excluding carboxylic acids is 1. The molecular weight excluding hydrogens is 172 g/mol. The van der Waals surface area contributed by atoms with Crippen LogP contribution in [0.4, 0.5) is 0 Å². The van der Waals surface area contributed by atoms with E-state index in [-0.39, 0.29) is 24.3 Å². The molecule has 4 heteroatoms. The molecule has 0 saturated carbocycles. The van der Waals surface area contributed by atoms with Crippen molar-refractivity contribution in [1.82, 2.24) is 0 Å². The van der Waals surface area contributed by atoms with Gasteiger partial charge in [0.1, 0.15) is 6.10 Å². The van der Waals surface area contributed by atoms with E-state index in [4.69, 9.17) is 14.2 Å². The normalized spacial score (nSPS) is 48.4. The first-order valence-electron chi connectivity index (χ1n) is 4.48. The van der Waals surface area contributed by atoms with E-state index in [2.05, 4.69) is 0 Å². The fraction of sp³-hybridized carbons (Fsp3) is 0.889. The van der Waals surface area contributed by atoms with Gasteiger partial charge in [0, 0.05) is 13.5 Å². The highest BCUT2D eigenvalue weighted by atomic mass is 16.7. The van der Waals surface area contributed by atoms with E-state index in [9.17, 15) is 4.79 Å². The van der Waals surface area contributed by atoms with Gasteiger partial charge in [-0.25, -0.2) is 0 Å². The molecule has 0 aromatic carbocycles. The number of methoxy groups -OCH3 is 1. The molecule has 0 unspecified atom stereocenters. The second-order valence-electron chi connectivity index (χ2n) is 3.64. The average molecular weight is 186 g/mol. The number of carbonyl (C=O) groups is 1. The number of Topliss-reactive ketones (excluding diaryl/α,β-unsaturated/α-hetero) is 1. The number of rotatable bonds is 2. The third-order valence-corrected chi connectivity index (χ3v) is 2.94. The highest BCUT2D eigenvalue weighted by Crippen LogP contribution is 2.48. The van der Waals surface area contributed by atoms with Crippen molar-refractivity contribution in [3.8, 4) is 0 Å². The molecule has 2 rings (SSSR count). The number of hydrogen-bond acceptors (Lipinski definition) is 4. The smallest absolute Gasteiger partial charge is 0.178 e. The van der Waals surface area contributed by atoms with Gasteiger partial charge in [0.2, 0.25) is 0 Å². The van der Waals surface area contributed by atoms with Crippen LogP contribution in [0.3, 0.4) is 0 Å². The van der Waals surface area contributed by atoms with Crippen LogP contribution in [0.1, 0.15) is 20.3 Å². The van der Waals surface area contributed by atoms with Gasteiger partial charge < -0.3 is 14.2 Å². The lowest BCUT2D eigenvalue weighted by Crippen LogP contribution is -2.46. The zero-order valence-electron chi connectivity index (χ0n) is 8.07. The summed E-state index contributed by atoms with van der Waals surface area (Å²) in [6, 6.07) is 0. The van der Waals surface area contributed by atoms with Crippen LogP contribution in [-0.4, -0.2) is 37.0 Å². The molecule has 74 valence electrons. The first-order valence-corrected chi connectivity index (χ1v) is 4.48. The Hall–Kier alpha value is -0.450. The third kappa shape index (κ3) is 1.13. The SMILES string of the molecule is CO[C@H]1C[C@@H]2O[C@]2(C(C)=O)[C@H](C)O1. The van der Waals surface area contributed by atoms with E-state index >= 15 is 0 Å². The molecule has 4 nitrogen and oxygen atoms in total. The molecule has 4 atom stereocenters. The number of ether oxygens (including phenoxy) is 3. The zero-order valence-corrected chi connectivity index (χ0v) is 8.07. The van der Waals surface area contributed by atoms with E-state index < -0.39 is 5.60 Å². The summed E-state index contributed by atoms with van der Waals surface area (Å²) in [5.74, 6) is 0.0551. The lowest BCUT2D eigenvalue weighted by atomic mass is 9.91. The van der Waals surface area contributed by atoms with Crippen molar-refractivity contribution in [1.29, 1.82) is 0 Å². The Morgan fingerprint density at radius 3 is 2.77 bits per heavy atom. The zero-order chi connectivity index (χ0) is 9.64. The predicted octanol–water partition coefficient (Wildman–Crippen LogP) is 0.494. The Kier molecular flexibility index (Phi) is 1.94. The molecule has 2 fully saturated rings. The maximum atomic E-state index is 11.3. The van der Waals surface area contributed by atoms with Crippen molar-refractivity contribution >= 4 is 5.78 Å². The minimum Gasteiger partial charge on any atom is -0.356 e. The fourth-order valence-corrected chi connectivity index (χ4v) is 2.09. The minimum absolute atomic E-state index is 0.00120. The summed E-state index contributed by atoms with van der Waals surface area (Å²) in [5.41, 5.74) is -0.658. The predicted molar refractivity (Wildman–Crippen MR) is 44.2 cm³/mol. The van der Waals surface area contributed by atoms with Crippen LogP contribution < -0.4 is 0 Å². The summed E-state index contributed by atoms with van der Waals surface area (Å²) < 4.78 is 16.0. The Labute approximate surface area is 77.1 Å².